The molecule has 0 radical (unpaired) electrons. The highest BCUT2D eigenvalue weighted by Crippen LogP contribution is 2.23. The van der Waals surface area contributed by atoms with Gasteiger partial charge in [0.1, 0.15) is 0 Å². The molecule has 0 fully saturated rings. The van der Waals surface area contributed by atoms with Crippen LogP contribution in [0.5, 0.6) is 0 Å². The number of carbonyl (C=O) groups is 1. The summed E-state index contributed by atoms with van der Waals surface area (Å²) in [4.78, 5) is 12.4. The topological polar surface area (TPSA) is 81.1 Å². The van der Waals surface area contributed by atoms with Crippen LogP contribution in [0.2, 0.25) is 0 Å². The van der Waals surface area contributed by atoms with Crippen LogP contribution in [0.25, 0.3) is 11.1 Å². The summed E-state index contributed by atoms with van der Waals surface area (Å²) in [5, 5.41) is 2.91. The minimum atomic E-state index is -0.0948. The fourth-order valence-electron chi connectivity index (χ4n) is 2.35. The standard InChI is InChI=1S/C18H23N3O/c19-12-6-9-15(20)13-21-18(22)17-11-5-4-10-16(17)14-7-2-1-3-8-14/h1-5,7-8,10-11,15H,6,9,12-13,19-20H2,(H,21,22). The number of nitrogens with two attached hydrogens (primary N) is 2. The highest BCUT2D eigenvalue weighted by atomic mass is 16.1. The third-order valence-electron chi connectivity index (χ3n) is 3.56. The van der Waals surface area contributed by atoms with E-state index < -0.39 is 0 Å². The first kappa shape index (κ1) is 16.2. The van der Waals surface area contributed by atoms with Gasteiger partial charge in [0.25, 0.3) is 5.91 Å². The van der Waals surface area contributed by atoms with Gasteiger partial charge in [-0.1, -0.05) is 48.5 Å². The summed E-state index contributed by atoms with van der Waals surface area (Å²) in [6.45, 7) is 1.08. The van der Waals surface area contributed by atoms with Crippen LogP contribution in [0, 0.1) is 0 Å². The molecule has 0 aliphatic heterocycles. The summed E-state index contributed by atoms with van der Waals surface area (Å²) in [5.41, 5.74) is 14.1. The van der Waals surface area contributed by atoms with Gasteiger partial charge in [-0.3, -0.25) is 4.79 Å². The van der Waals surface area contributed by atoms with Gasteiger partial charge in [0, 0.05) is 18.2 Å². The maximum atomic E-state index is 12.4. The molecule has 2 rings (SSSR count). The van der Waals surface area contributed by atoms with Crippen molar-refractivity contribution < 1.29 is 4.79 Å². The van der Waals surface area contributed by atoms with Gasteiger partial charge in [0.2, 0.25) is 0 Å². The van der Waals surface area contributed by atoms with E-state index in [2.05, 4.69) is 5.32 Å². The Morgan fingerprint density at radius 1 is 1.05 bits per heavy atom. The molecule has 1 unspecified atom stereocenters. The summed E-state index contributed by atoms with van der Waals surface area (Å²) in [5.74, 6) is -0.0948. The number of amides is 1. The Bertz CT molecular complexity index is 598. The molecule has 1 amide bonds. The average molecular weight is 297 g/mol. The Kier molecular flexibility index (Phi) is 6.13. The summed E-state index contributed by atoms with van der Waals surface area (Å²) in [6, 6.07) is 17.4. The van der Waals surface area contributed by atoms with Crippen LogP contribution in [0.4, 0.5) is 0 Å². The van der Waals surface area contributed by atoms with E-state index in [1.165, 1.54) is 0 Å². The summed E-state index contributed by atoms with van der Waals surface area (Å²) < 4.78 is 0. The molecule has 5 N–H and O–H groups in total. The molecule has 4 nitrogen and oxygen atoms in total. The second kappa shape index (κ2) is 8.32. The summed E-state index contributed by atoms with van der Waals surface area (Å²) in [7, 11) is 0. The fourth-order valence-corrected chi connectivity index (χ4v) is 2.35. The smallest absolute Gasteiger partial charge is 0.251 e. The van der Waals surface area contributed by atoms with E-state index in [4.69, 9.17) is 11.5 Å². The molecule has 0 bridgehead atoms. The van der Waals surface area contributed by atoms with E-state index in [9.17, 15) is 4.79 Å². The average Bonchev–Trinajstić information content (AvgIpc) is 2.58. The molecule has 2 aromatic rings. The quantitative estimate of drug-likeness (QED) is 0.732. The first-order valence-corrected chi connectivity index (χ1v) is 7.60. The van der Waals surface area contributed by atoms with Gasteiger partial charge in [-0.2, -0.15) is 0 Å². The first-order valence-electron chi connectivity index (χ1n) is 7.60. The van der Waals surface area contributed by atoms with E-state index in [1.54, 1.807) is 0 Å². The van der Waals surface area contributed by atoms with Crippen molar-refractivity contribution >= 4 is 5.91 Å². The lowest BCUT2D eigenvalue weighted by Crippen LogP contribution is -2.37. The second-order valence-electron chi connectivity index (χ2n) is 5.31. The zero-order valence-electron chi connectivity index (χ0n) is 12.7. The normalized spacial score (nSPS) is 11.9. The van der Waals surface area contributed by atoms with Crippen molar-refractivity contribution in [2.24, 2.45) is 11.5 Å². The van der Waals surface area contributed by atoms with Crippen LogP contribution in [0.1, 0.15) is 23.2 Å². The monoisotopic (exact) mass is 297 g/mol. The largest absolute Gasteiger partial charge is 0.350 e. The lowest BCUT2D eigenvalue weighted by molar-refractivity contribution is 0.0951. The van der Waals surface area contributed by atoms with Crippen molar-refractivity contribution in [3.63, 3.8) is 0 Å². The minimum Gasteiger partial charge on any atom is -0.350 e. The van der Waals surface area contributed by atoms with E-state index in [0.717, 1.165) is 24.0 Å². The zero-order chi connectivity index (χ0) is 15.8. The third kappa shape index (κ3) is 4.41. The van der Waals surface area contributed by atoms with Gasteiger partial charge < -0.3 is 16.8 Å². The second-order valence-corrected chi connectivity index (χ2v) is 5.31. The third-order valence-corrected chi connectivity index (χ3v) is 3.56. The predicted octanol–water partition coefficient (Wildman–Crippen LogP) is 2.15. The number of nitrogens with one attached hydrogen (secondary N) is 1. The van der Waals surface area contributed by atoms with E-state index >= 15 is 0 Å². The van der Waals surface area contributed by atoms with Crippen molar-refractivity contribution in [3.8, 4) is 11.1 Å². The van der Waals surface area contributed by atoms with Gasteiger partial charge in [0.15, 0.2) is 0 Å². The first-order chi connectivity index (χ1) is 10.7. The van der Waals surface area contributed by atoms with Crippen LogP contribution in [0.3, 0.4) is 0 Å². The van der Waals surface area contributed by atoms with Crippen LogP contribution >= 0.6 is 0 Å². The summed E-state index contributed by atoms with van der Waals surface area (Å²) in [6.07, 6.45) is 1.69. The Morgan fingerprint density at radius 3 is 2.45 bits per heavy atom. The van der Waals surface area contributed by atoms with Gasteiger partial charge in [-0.15, -0.1) is 0 Å². The van der Waals surface area contributed by atoms with Crippen LogP contribution < -0.4 is 16.8 Å². The van der Waals surface area contributed by atoms with Crippen molar-refractivity contribution in [2.45, 2.75) is 18.9 Å². The van der Waals surface area contributed by atoms with Gasteiger partial charge in [0.05, 0.1) is 0 Å². The number of hydrogen-bond acceptors (Lipinski definition) is 3. The molecule has 22 heavy (non-hydrogen) atoms. The fraction of sp³-hybridized carbons (Fsp3) is 0.278. The number of rotatable bonds is 7. The Hall–Kier alpha value is -2.17. The van der Waals surface area contributed by atoms with Crippen molar-refractivity contribution in [1.29, 1.82) is 0 Å². The minimum absolute atomic E-state index is 0.0589. The van der Waals surface area contributed by atoms with Crippen LogP contribution in [-0.2, 0) is 0 Å². The van der Waals surface area contributed by atoms with Crippen LogP contribution in [-0.4, -0.2) is 25.0 Å². The van der Waals surface area contributed by atoms with Crippen molar-refractivity contribution in [1.82, 2.24) is 5.32 Å². The Labute approximate surface area is 131 Å². The maximum Gasteiger partial charge on any atom is 0.251 e. The molecule has 0 aliphatic carbocycles. The molecular formula is C18H23N3O. The van der Waals surface area contributed by atoms with Gasteiger partial charge >= 0.3 is 0 Å². The lowest BCUT2D eigenvalue weighted by atomic mass is 9.99. The molecule has 2 aromatic carbocycles. The highest BCUT2D eigenvalue weighted by molar-refractivity contribution is 6.00. The number of hydrogen-bond donors (Lipinski definition) is 3. The Balaban J connectivity index is 2.07. The predicted molar refractivity (Wildman–Crippen MR) is 90.5 cm³/mol. The molecule has 0 aromatic heterocycles. The molecular weight excluding hydrogens is 274 g/mol. The highest BCUT2D eigenvalue weighted by Gasteiger charge is 2.13. The molecule has 116 valence electrons. The summed E-state index contributed by atoms with van der Waals surface area (Å²) >= 11 is 0. The maximum absolute atomic E-state index is 12.4. The molecule has 4 heteroatoms. The molecule has 0 heterocycles. The molecule has 0 aliphatic rings. The molecule has 0 saturated carbocycles. The van der Waals surface area contributed by atoms with E-state index in [0.29, 0.717) is 18.7 Å². The lowest BCUT2D eigenvalue weighted by Gasteiger charge is -2.14. The van der Waals surface area contributed by atoms with E-state index in [1.807, 2.05) is 54.6 Å². The zero-order valence-corrected chi connectivity index (χ0v) is 12.7. The van der Waals surface area contributed by atoms with Crippen LogP contribution in [0.15, 0.2) is 54.6 Å². The SMILES string of the molecule is NCCCC(N)CNC(=O)c1ccccc1-c1ccccc1. The molecule has 1 atom stereocenters. The molecule has 0 spiro atoms. The van der Waals surface area contributed by atoms with E-state index in [-0.39, 0.29) is 11.9 Å². The van der Waals surface area contributed by atoms with Crippen molar-refractivity contribution in [3.05, 3.63) is 60.2 Å². The van der Waals surface area contributed by atoms with Crippen molar-refractivity contribution in [2.75, 3.05) is 13.1 Å². The Morgan fingerprint density at radius 2 is 1.73 bits per heavy atom. The van der Waals surface area contributed by atoms with Gasteiger partial charge in [-0.05, 0) is 36.6 Å². The number of carbonyl (C=O) groups excluding carboxylic acids is 1. The van der Waals surface area contributed by atoms with Gasteiger partial charge in [-0.25, -0.2) is 0 Å². The molecule has 0 saturated heterocycles. The number of benzene rings is 2.